The zero-order valence-corrected chi connectivity index (χ0v) is 17.1. The predicted octanol–water partition coefficient (Wildman–Crippen LogP) is 4.92. The molecular weight excluding hydrogens is 372 g/mol. The summed E-state index contributed by atoms with van der Waals surface area (Å²) in [7, 11) is 0. The third-order valence-corrected chi connectivity index (χ3v) is 5.03. The minimum atomic E-state index is -0.175. The van der Waals surface area contributed by atoms with Crippen molar-refractivity contribution in [3.05, 3.63) is 75.7 Å². The summed E-state index contributed by atoms with van der Waals surface area (Å²) in [5.74, 6) is 1.19. The number of aromatic nitrogens is 1. The molecule has 0 saturated heterocycles. The van der Waals surface area contributed by atoms with Crippen molar-refractivity contribution in [1.82, 2.24) is 10.3 Å². The van der Waals surface area contributed by atoms with Gasteiger partial charge in [-0.15, -0.1) is 11.3 Å². The molecule has 1 heterocycles. The molecule has 1 unspecified atom stereocenters. The Kier molecular flexibility index (Phi) is 6.66. The summed E-state index contributed by atoms with van der Waals surface area (Å²) in [6.07, 6.45) is 0. The fraction of sp³-hybridized carbons (Fsp3) is 0.273. The van der Waals surface area contributed by atoms with Gasteiger partial charge >= 0.3 is 0 Å². The van der Waals surface area contributed by atoms with Gasteiger partial charge in [0.05, 0.1) is 28.9 Å². The van der Waals surface area contributed by atoms with Crippen LogP contribution in [0, 0.1) is 6.92 Å². The van der Waals surface area contributed by atoms with E-state index in [9.17, 15) is 4.79 Å². The highest BCUT2D eigenvalue weighted by Crippen LogP contribution is 2.22. The Morgan fingerprint density at radius 2 is 1.89 bits per heavy atom. The molecule has 5 nitrogen and oxygen atoms in total. The van der Waals surface area contributed by atoms with Crippen LogP contribution in [0.2, 0.25) is 0 Å². The minimum Gasteiger partial charge on any atom is -0.494 e. The van der Waals surface area contributed by atoms with Crippen LogP contribution >= 0.6 is 11.3 Å². The zero-order valence-electron chi connectivity index (χ0n) is 16.3. The van der Waals surface area contributed by atoms with Crippen LogP contribution in [0.5, 0.6) is 11.5 Å². The van der Waals surface area contributed by atoms with Gasteiger partial charge in [-0.3, -0.25) is 4.79 Å². The number of amides is 1. The number of carbonyl (C=O) groups is 1. The average Bonchev–Trinajstić information content (AvgIpc) is 3.12. The molecule has 1 amide bonds. The minimum absolute atomic E-state index is 0.141. The van der Waals surface area contributed by atoms with Gasteiger partial charge in [-0.1, -0.05) is 24.3 Å². The molecular formula is C22H24N2O3S. The van der Waals surface area contributed by atoms with Crippen LogP contribution in [-0.4, -0.2) is 17.5 Å². The first-order chi connectivity index (χ1) is 13.6. The van der Waals surface area contributed by atoms with Gasteiger partial charge in [-0.25, -0.2) is 4.98 Å². The quantitative estimate of drug-likeness (QED) is 0.587. The van der Waals surface area contributed by atoms with E-state index >= 15 is 0 Å². The summed E-state index contributed by atoms with van der Waals surface area (Å²) >= 11 is 1.58. The number of hydrogen-bond donors (Lipinski definition) is 1. The van der Waals surface area contributed by atoms with Gasteiger partial charge in [0.15, 0.2) is 0 Å². The number of aryl methyl sites for hydroxylation is 1. The normalized spacial score (nSPS) is 11.7. The first kappa shape index (κ1) is 19.9. The Hall–Kier alpha value is -2.86. The van der Waals surface area contributed by atoms with E-state index in [1.165, 1.54) is 0 Å². The molecule has 0 aliphatic rings. The lowest BCUT2D eigenvalue weighted by atomic mass is 10.1. The van der Waals surface area contributed by atoms with Gasteiger partial charge in [-0.2, -0.15) is 0 Å². The fourth-order valence-electron chi connectivity index (χ4n) is 2.78. The Morgan fingerprint density at radius 3 is 2.57 bits per heavy atom. The number of benzene rings is 2. The highest BCUT2D eigenvalue weighted by Gasteiger charge is 2.16. The number of nitrogens with one attached hydrogen (secondary N) is 1. The second-order valence-electron chi connectivity index (χ2n) is 6.34. The van der Waals surface area contributed by atoms with Crippen molar-refractivity contribution in [3.8, 4) is 11.5 Å². The molecule has 0 aliphatic carbocycles. The Labute approximate surface area is 169 Å². The smallest absolute Gasteiger partial charge is 0.255 e. The van der Waals surface area contributed by atoms with Gasteiger partial charge in [0, 0.05) is 5.38 Å². The lowest BCUT2D eigenvalue weighted by Gasteiger charge is -2.16. The number of rotatable bonds is 8. The second kappa shape index (κ2) is 9.37. The van der Waals surface area contributed by atoms with Crippen LogP contribution in [-0.2, 0) is 6.61 Å². The molecule has 146 valence electrons. The number of carbonyl (C=O) groups excluding carboxylic acids is 1. The maximum absolute atomic E-state index is 12.8. The van der Waals surface area contributed by atoms with E-state index in [4.69, 9.17) is 9.47 Å². The van der Waals surface area contributed by atoms with E-state index in [1.807, 2.05) is 62.5 Å². The number of para-hydroxylation sites is 1. The molecule has 0 fully saturated rings. The van der Waals surface area contributed by atoms with E-state index in [1.54, 1.807) is 23.5 Å². The molecule has 0 saturated carbocycles. The molecule has 0 aliphatic heterocycles. The molecule has 0 bridgehead atoms. The summed E-state index contributed by atoms with van der Waals surface area (Å²) in [4.78, 5) is 17.2. The van der Waals surface area contributed by atoms with Gasteiger partial charge in [0.25, 0.3) is 5.91 Å². The number of nitrogens with zero attached hydrogens (tertiary/aromatic N) is 1. The molecule has 3 rings (SSSR count). The number of hydrogen-bond acceptors (Lipinski definition) is 5. The standard InChI is InChI=1S/C22H24N2O3S/c1-4-26-19-11-9-17(10-12-19)15(2)23-22(25)20-7-5-6-8-21(20)27-13-18-14-28-16(3)24-18/h5-12,14-15H,4,13H2,1-3H3,(H,23,25). The van der Waals surface area contributed by atoms with Crippen LogP contribution in [0.25, 0.3) is 0 Å². The van der Waals surface area contributed by atoms with Gasteiger partial charge in [0.1, 0.15) is 18.1 Å². The van der Waals surface area contributed by atoms with E-state index in [2.05, 4.69) is 10.3 Å². The average molecular weight is 397 g/mol. The topological polar surface area (TPSA) is 60.5 Å². The van der Waals surface area contributed by atoms with Gasteiger partial charge in [-0.05, 0) is 50.6 Å². The lowest BCUT2D eigenvalue weighted by molar-refractivity contribution is 0.0935. The van der Waals surface area contributed by atoms with Crippen molar-refractivity contribution in [2.45, 2.75) is 33.4 Å². The molecule has 0 spiro atoms. The van der Waals surface area contributed by atoms with Crippen molar-refractivity contribution < 1.29 is 14.3 Å². The van der Waals surface area contributed by atoms with Crippen molar-refractivity contribution in [2.75, 3.05) is 6.61 Å². The third kappa shape index (κ3) is 5.10. The molecule has 0 radical (unpaired) electrons. The van der Waals surface area contributed by atoms with Crippen molar-refractivity contribution in [3.63, 3.8) is 0 Å². The SMILES string of the molecule is CCOc1ccc(C(C)NC(=O)c2ccccc2OCc2csc(C)n2)cc1. The maximum Gasteiger partial charge on any atom is 0.255 e. The third-order valence-electron chi connectivity index (χ3n) is 4.21. The van der Waals surface area contributed by atoms with Crippen LogP contribution in [0.15, 0.2) is 53.9 Å². The monoisotopic (exact) mass is 396 g/mol. The summed E-state index contributed by atoms with van der Waals surface area (Å²) in [5, 5.41) is 5.99. The van der Waals surface area contributed by atoms with Crippen LogP contribution in [0.4, 0.5) is 0 Å². The van der Waals surface area contributed by atoms with E-state index in [0.29, 0.717) is 24.5 Å². The van der Waals surface area contributed by atoms with Crippen LogP contribution < -0.4 is 14.8 Å². The first-order valence-corrected chi connectivity index (χ1v) is 10.1. The summed E-state index contributed by atoms with van der Waals surface area (Å²) in [6, 6.07) is 14.9. The molecule has 1 atom stereocenters. The van der Waals surface area contributed by atoms with Crippen LogP contribution in [0.3, 0.4) is 0 Å². The van der Waals surface area contributed by atoms with Crippen molar-refractivity contribution >= 4 is 17.2 Å². The highest BCUT2D eigenvalue weighted by molar-refractivity contribution is 7.09. The Morgan fingerprint density at radius 1 is 1.14 bits per heavy atom. The fourth-order valence-corrected chi connectivity index (χ4v) is 3.38. The Bertz CT molecular complexity index is 922. The number of thiazole rings is 1. The predicted molar refractivity (Wildman–Crippen MR) is 111 cm³/mol. The number of ether oxygens (including phenoxy) is 2. The summed E-state index contributed by atoms with van der Waals surface area (Å²) < 4.78 is 11.3. The van der Waals surface area contributed by atoms with Gasteiger partial charge < -0.3 is 14.8 Å². The van der Waals surface area contributed by atoms with Crippen molar-refractivity contribution in [2.24, 2.45) is 0 Å². The molecule has 28 heavy (non-hydrogen) atoms. The first-order valence-electron chi connectivity index (χ1n) is 9.23. The second-order valence-corrected chi connectivity index (χ2v) is 7.40. The molecule has 2 aromatic carbocycles. The lowest BCUT2D eigenvalue weighted by Crippen LogP contribution is -2.27. The molecule has 1 aromatic heterocycles. The highest BCUT2D eigenvalue weighted by atomic mass is 32.1. The summed E-state index contributed by atoms with van der Waals surface area (Å²) in [6.45, 7) is 6.82. The van der Waals surface area contributed by atoms with E-state index < -0.39 is 0 Å². The van der Waals surface area contributed by atoms with E-state index in [0.717, 1.165) is 22.0 Å². The molecule has 3 aromatic rings. The summed E-state index contributed by atoms with van der Waals surface area (Å²) in [5.41, 5.74) is 2.38. The zero-order chi connectivity index (χ0) is 19.9. The Balaban J connectivity index is 1.66. The largest absolute Gasteiger partial charge is 0.494 e. The van der Waals surface area contributed by atoms with E-state index in [-0.39, 0.29) is 11.9 Å². The molecule has 1 N–H and O–H groups in total. The van der Waals surface area contributed by atoms with Gasteiger partial charge in [0.2, 0.25) is 0 Å². The van der Waals surface area contributed by atoms with Crippen molar-refractivity contribution in [1.29, 1.82) is 0 Å². The maximum atomic E-state index is 12.8. The van der Waals surface area contributed by atoms with Crippen LogP contribution in [0.1, 0.15) is 46.5 Å². The molecule has 6 heteroatoms.